The van der Waals surface area contributed by atoms with Crippen LogP contribution < -0.4 is 5.73 Å². The molecule has 3 heteroatoms. The zero-order valence-corrected chi connectivity index (χ0v) is 9.85. The minimum atomic E-state index is -0.262. The van der Waals surface area contributed by atoms with Gasteiger partial charge in [0.15, 0.2) is 0 Å². The number of hydrogen-bond donors (Lipinski definition) is 1. The van der Waals surface area contributed by atoms with Crippen molar-refractivity contribution in [3.63, 3.8) is 0 Å². The number of benzene rings is 1. The standard InChI is InChI=1S/C13H19NO2/c1-3-16-13(15)12(10(2)14)9-11-7-5-4-6-8-11/h4-8,10,12H,3,9,14H2,1-2H3. The second-order valence-corrected chi connectivity index (χ2v) is 3.91. The van der Waals surface area contributed by atoms with Gasteiger partial charge in [0.25, 0.3) is 0 Å². The monoisotopic (exact) mass is 221 g/mol. The molecule has 0 aliphatic carbocycles. The first-order chi connectivity index (χ1) is 7.65. The molecule has 3 nitrogen and oxygen atoms in total. The molecule has 0 fully saturated rings. The molecule has 2 N–H and O–H groups in total. The number of hydrogen-bond acceptors (Lipinski definition) is 3. The third-order valence-electron chi connectivity index (χ3n) is 2.52. The SMILES string of the molecule is CCOC(=O)C(Cc1ccccc1)C(C)N. The topological polar surface area (TPSA) is 52.3 Å². The summed E-state index contributed by atoms with van der Waals surface area (Å²) in [5, 5.41) is 0. The predicted molar refractivity (Wildman–Crippen MR) is 63.9 cm³/mol. The highest BCUT2D eigenvalue weighted by Gasteiger charge is 2.23. The molecule has 0 aromatic heterocycles. The first-order valence-corrected chi connectivity index (χ1v) is 5.61. The molecular formula is C13H19NO2. The molecule has 2 unspecified atom stereocenters. The zero-order chi connectivity index (χ0) is 12.0. The lowest BCUT2D eigenvalue weighted by Crippen LogP contribution is -2.35. The summed E-state index contributed by atoms with van der Waals surface area (Å²) < 4.78 is 5.02. The van der Waals surface area contributed by atoms with E-state index in [1.54, 1.807) is 6.92 Å². The fraction of sp³-hybridized carbons (Fsp3) is 0.462. The van der Waals surface area contributed by atoms with Crippen molar-refractivity contribution in [1.29, 1.82) is 0 Å². The van der Waals surface area contributed by atoms with Gasteiger partial charge in [0, 0.05) is 6.04 Å². The maximum atomic E-state index is 11.7. The van der Waals surface area contributed by atoms with Crippen LogP contribution in [0.5, 0.6) is 0 Å². The molecule has 0 spiro atoms. The second-order valence-electron chi connectivity index (χ2n) is 3.91. The molecule has 1 rings (SSSR count). The Labute approximate surface area is 96.6 Å². The van der Waals surface area contributed by atoms with E-state index in [4.69, 9.17) is 10.5 Å². The van der Waals surface area contributed by atoms with Crippen molar-refractivity contribution < 1.29 is 9.53 Å². The van der Waals surface area contributed by atoms with Crippen molar-refractivity contribution in [2.45, 2.75) is 26.3 Å². The molecule has 0 radical (unpaired) electrons. The van der Waals surface area contributed by atoms with Crippen molar-refractivity contribution in [3.8, 4) is 0 Å². The molecule has 16 heavy (non-hydrogen) atoms. The second kappa shape index (κ2) is 6.28. The van der Waals surface area contributed by atoms with E-state index in [1.165, 1.54) is 0 Å². The number of carbonyl (C=O) groups is 1. The van der Waals surface area contributed by atoms with E-state index in [9.17, 15) is 4.79 Å². The molecule has 0 saturated carbocycles. The molecule has 0 heterocycles. The summed E-state index contributed by atoms with van der Waals surface area (Å²) in [6, 6.07) is 9.66. The van der Waals surface area contributed by atoms with E-state index in [0.29, 0.717) is 13.0 Å². The summed E-state index contributed by atoms with van der Waals surface area (Å²) in [5.41, 5.74) is 6.92. The molecule has 0 bridgehead atoms. The summed E-state index contributed by atoms with van der Waals surface area (Å²) >= 11 is 0. The Bertz CT molecular complexity index is 322. The average Bonchev–Trinajstić information content (AvgIpc) is 2.27. The van der Waals surface area contributed by atoms with Crippen LogP contribution >= 0.6 is 0 Å². The van der Waals surface area contributed by atoms with Crippen LogP contribution in [-0.4, -0.2) is 18.6 Å². The molecule has 2 atom stereocenters. The fourth-order valence-corrected chi connectivity index (χ4v) is 1.60. The summed E-state index contributed by atoms with van der Waals surface area (Å²) in [6.07, 6.45) is 0.636. The van der Waals surface area contributed by atoms with Gasteiger partial charge in [-0.2, -0.15) is 0 Å². The molecule has 1 aromatic carbocycles. The summed E-state index contributed by atoms with van der Waals surface area (Å²) in [6.45, 7) is 4.04. The maximum Gasteiger partial charge on any atom is 0.310 e. The molecule has 1 aromatic rings. The first-order valence-electron chi connectivity index (χ1n) is 5.61. The Kier molecular flexibility index (Phi) is 4.99. The molecular weight excluding hydrogens is 202 g/mol. The number of ether oxygens (including phenoxy) is 1. The number of nitrogens with two attached hydrogens (primary N) is 1. The van der Waals surface area contributed by atoms with Crippen LogP contribution in [0.2, 0.25) is 0 Å². The van der Waals surface area contributed by atoms with E-state index >= 15 is 0 Å². The quantitative estimate of drug-likeness (QED) is 0.771. The summed E-state index contributed by atoms with van der Waals surface area (Å²) in [4.78, 5) is 11.7. The molecule has 0 aliphatic heterocycles. The highest BCUT2D eigenvalue weighted by atomic mass is 16.5. The zero-order valence-electron chi connectivity index (χ0n) is 9.85. The van der Waals surface area contributed by atoms with E-state index in [0.717, 1.165) is 5.56 Å². The Hall–Kier alpha value is -1.35. The highest BCUT2D eigenvalue weighted by Crippen LogP contribution is 2.13. The lowest BCUT2D eigenvalue weighted by atomic mass is 9.94. The Morgan fingerprint density at radius 2 is 2.00 bits per heavy atom. The van der Waals surface area contributed by atoms with Gasteiger partial charge in [-0.15, -0.1) is 0 Å². The Morgan fingerprint density at radius 3 is 2.50 bits per heavy atom. The van der Waals surface area contributed by atoms with E-state index < -0.39 is 0 Å². The smallest absolute Gasteiger partial charge is 0.310 e. The van der Waals surface area contributed by atoms with Gasteiger partial charge in [-0.3, -0.25) is 4.79 Å². The summed E-state index contributed by atoms with van der Waals surface area (Å²) in [5.74, 6) is -0.469. The molecule has 88 valence electrons. The van der Waals surface area contributed by atoms with Gasteiger partial charge < -0.3 is 10.5 Å². The average molecular weight is 221 g/mol. The van der Waals surface area contributed by atoms with Crippen LogP contribution in [0.15, 0.2) is 30.3 Å². The van der Waals surface area contributed by atoms with Crippen LogP contribution in [0.25, 0.3) is 0 Å². The first kappa shape index (κ1) is 12.7. The Balaban J connectivity index is 2.69. The van der Waals surface area contributed by atoms with Crippen LogP contribution in [0.4, 0.5) is 0 Å². The van der Waals surface area contributed by atoms with Crippen molar-refractivity contribution >= 4 is 5.97 Å². The van der Waals surface area contributed by atoms with Crippen LogP contribution in [0, 0.1) is 5.92 Å². The maximum absolute atomic E-state index is 11.7. The van der Waals surface area contributed by atoms with Gasteiger partial charge >= 0.3 is 5.97 Å². The fourth-order valence-electron chi connectivity index (χ4n) is 1.60. The van der Waals surface area contributed by atoms with Crippen molar-refractivity contribution in [1.82, 2.24) is 0 Å². The largest absolute Gasteiger partial charge is 0.466 e. The number of rotatable bonds is 5. The third-order valence-corrected chi connectivity index (χ3v) is 2.52. The van der Waals surface area contributed by atoms with Gasteiger partial charge in [-0.25, -0.2) is 0 Å². The van der Waals surface area contributed by atoms with Crippen molar-refractivity contribution in [2.24, 2.45) is 11.7 Å². The Morgan fingerprint density at radius 1 is 1.38 bits per heavy atom. The van der Waals surface area contributed by atoms with Crippen molar-refractivity contribution in [2.75, 3.05) is 6.61 Å². The van der Waals surface area contributed by atoms with Crippen LogP contribution in [0.3, 0.4) is 0 Å². The van der Waals surface area contributed by atoms with Gasteiger partial charge in [0.05, 0.1) is 12.5 Å². The predicted octanol–water partition coefficient (Wildman–Crippen LogP) is 1.76. The van der Waals surface area contributed by atoms with E-state index in [2.05, 4.69) is 0 Å². The van der Waals surface area contributed by atoms with Gasteiger partial charge in [0.2, 0.25) is 0 Å². The van der Waals surface area contributed by atoms with Gasteiger partial charge in [-0.1, -0.05) is 30.3 Å². The lowest BCUT2D eigenvalue weighted by Gasteiger charge is -2.18. The molecule has 0 amide bonds. The molecule has 0 saturated heterocycles. The van der Waals surface area contributed by atoms with Gasteiger partial charge in [0.1, 0.15) is 0 Å². The van der Waals surface area contributed by atoms with Gasteiger partial charge in [-0.05, 0) is 25.8 Å². The van der Waals surface area contributed by atoms with E-state index in [-0.39, 0.29) is 17.9 Å². The van der Waals surface area contributed by atoms with Crippen LogP contribution in [0.1, 0.15) is 19.4 Å². The minimum absolute atomic E-state index is 0.195. The third kappa shape index (κ3) is 3.66. The van der Waals surface area contributed by atoms with Crippen molar-refractivity contribution in [3.05, 3.63) is 35.9 Å². The van der Waals surface area contributed by atoms with Crippen LogP contribution in [-0.2, 0) is 16.0 Å². The number of esters is 1. The van der Waals surface area contributed by atoms with E-state index in [1.807, 2.05) is 37.3 Å². The summed E-state index contributed by atoms with van der Waals surface area (Å²) in [7, 11) is 0. The lowest BCUT2D eigenvalue weighted by molar-refractivity contribution is -0.148. The molecule has 0 aliphatic rings. The normalized spacial score (nSPS) is 14.2. The number of carbonyl (C=O) groups excluding carboxylic acids is 1. The minimum Gasteiger partial charge on any atom is -0.466 e. The highest BCUT2D eigenvalue weighted by molar-refractivity contribution is 5.73.